The van der Waals surface area contributed by atoms with Gasteiger partial charge in [-0.2, -0.15) is 0 Å². The maximum absolute atomic E-state index is 11.4. The van der Waals surface area contributed by atoms with E-state index in [0.29, 0.717) is 5.75 Å². The number of methoxy groups -OCH3 is 2. The Balaban J connectivity index is 2.45. The Morgan fingerprint density at radius 2 is 2.16 bits per heavy atom. The Hall–Kier alpha value is -2.02. The summed E-state index contributed by atoms with van der Waals surface area (Å²) in [6, 6.07) is 5.41. The van der Waals surface area contributed by atoms with Crippen molar-refractivity contribution in [3.63, 3.8) is 0 Å². The summed E-state index contributed by atoms with van der Waals surface area (Å²) in [5, 5.41) is 0. The summed E-state index contributed by atoms with van der Waals surface area (Å²) in [5.41, 5.74) is 6.73. The van der Waals surface area contributed by atoms with E-state index in [1.165, 1.54) is 13.4 Å². The summed E-state index contributed by atoms with van der Waals surface area (Å²) in [5.74, 6) is 0.364. The third-order valence-corrected chi connectivity index (χ3v) is 3.22. The van der Waals surface area contributed by atoms with Crippen molar-refractivity contribution in [3.05, 3.63) is 34.7 Å². The molecule has 0 aliphatic carbocycles. The summed E-state index contributed by atoms with van der Waals surface area (Å²) < 4.78 is 12.1. The van der Waals surface area contributed by atoms with Crippen molar-refractivity contribution in [2.45, 2.75) is 0 Å². The van der Waals surface area contributed by atoms with Crippen LogP contribution in [0.2, 0.25) is 0 Å². The molecule has 2 N–H and O–H groups in total. The van der Waals surface area contributed by atoms with Crippen LogP contribution in [0, 0.1) is 0 Å². The molecule has 6 nitrogen and oxygen atoms in total. The molecule has 1 heterocycles. The maximum Gasteiger partial charge on any atom is 0.360 e. The van der Waals surface area contributed by atoms with Crippen LogP contribution >= 0.6 is 15.9 Å². The van der Waals surface area contributed by atoms with E-state index < -0.39 is 5.97 Å². The monoisotopic (exact) mass is 325 g/mol. The lowest BCUT2D eigenvalue weighted by Crippen LogP contribution is -2.07. The number of carbonyl (C=O) groups is 1. The average Bonchev–Trinajstić information content (AvgIpc) is 2.79. The van der Waals surface area contributed by atoms with Gasteiger partial charge in [-0.15, -0.1) is 0 Å². The summed E-state index contributed by atoms with van der Waals surface area (Å²) in [4.78, 5) is 15.4. The van der Waals surface area contributed by atoms with Gasteiger partial charge < -0.3 is 15.2 Å². The van der Waals surface area contributed by atoms with Crippen LogP contribution in [0.5, 0.6) is 5.75 Å². The minimum atomic E-state index is -0.566. The smallest absolute Gasteiger partial charge is 0.360 e. The number of hydrogen-bond donors (Lipinski definition) is 1. The van der Waals surface area contributed by atoms with Gasteiger partial charge in [-0.3, -0.25) is 4.57 Å². The summed E-state index contributed by atoms with van der Waals surface area (Å²) in [6.07, 6.45) is 1.47. The highest BCUT2D eigenvalue weighted by molar-refractivity contribution is 9.10. The second-order valence-electron chi connectivity index (χ2n) is 3.66. The van der Waals surface area contributed by atoms with Crippen LogP contribution in [-0.2, 0) is 4.74 Å². The molecule has 2 aromatic rings. The number of nitrogen functional groups attached to an aromatic ring is 1. The van der Waals surface area contributed by atoms with Gasteiger partial charge in [-0.05, 0) is 34.1 Å². The molecular weight excluding hydrogens is 314 g/mol. The van der Waals surface area contributed by atoms with Crippen molar-refractivity contribution >= 4 is 27.7 Å². The quantitative estimate of drug-likeness (QED) is 0.873. The first-order valence-corrected chi connectivity index (χ1v) is 6.12. The fraction of sp³-hybridized carbons (Fsp3) is 0.167. The van der Waals surface area contributed by atoms with Gasteiger partial charge in [0.2, 0.25) is 0 Å². The van der Waals surface area contributed by atoms with Crippen molar-refractivity contribution < 1.29 is 14.3 Å². The lowest BCUT2D eigenvalue weighted by atomic mass is 10.3. The highest BCUT2D eigenvalue weighted by Gasteiger charge is 2.17. The molecule has 0 amide bonds. The predicted octanol–water partition coefficient (Wildman–Crippen LogP) is 2.01. The number of aromatic nitrogens is 2. The van der Waals surface area contributed by atoms with Crippen LogP contribution in [0.25, 0.3) is 5.69 Å². The first-order valence-electron chi connectivity index (χ1n) is 5.33. The number of anilines is 1. The number of ether oxygens (including phenoxy) is 2. The van der Waals surface area contributed by atoms with Gasteiger partial charge in [0, 0.05) is 5.69 Å². The van der Waals surface area contributed by atoms with Crippen LogP contribution in [-0.4, -0.2) is 29.7 Å². The second-order valence-corrected chi connectivity index (χ2v) is 4.51. The first-order chi connectivity index (χ1) is 9.08. The van der Waals surface area contributed by atoms with E-state index in [2.05, 4.69) is 25.7 Å². The van der Waals surface area contributed by atoms with Crippen LogP contribution < -0.4 is 10.5 Å². The molecule has 0 saturated carbocycles. The van der Waals surface area contributed by atoms with E-state index in [1.54, 1.807) is 17.7 Å². The standard InChI is InChI=1S/C12H12BrN3O3/c1-18-9-4-3-7(5-8(9)13)16-6-15-10(11(16)14)12(17)19-2/h3-6H,14H2,1-2H3. The summed E-state index contributed by atoms with van der Waals surface area (Å²) in [7, 11) is 2.87. The fourth-order valence-corrected chi connectivity index (χ4v) is 2.15. The Labute approximate surface area is 118 Å². The molecule has 0 bridgehead atoms. The molecule has 0 saturated heterocycles. The fourth-order valence-electron chi connectivity index (χ4n) is 1.62. The van der Waals surface area contributed by atoms with E-state index >= 15 is 0 Å². The molecule has 19 heavy (non-hydrogen) atoms. The van der Waals surface area contributed by atoms with Crippen LogP contribution in [0.4, 0.5) is 5.82 Å². The number of nitrogens with zero attached hydrogens (tertiary/aromatic N) is 2. The molecule has 0 fully saturated rings. The summed E-state index contributed by atoms with van der Waals surface area (Å²) >= 11 is 3.39. The van der Waals surface area contributed by atoms with E-state index in [1.807, 2.05) is 12.1 Å². The Bertz CT molecular complexity index is 625. The zero-order chi connectivity index (χ0) is 14.0. The minimum absolute atomic E-state index is 0.0921. The summed E-state index contributed by atoms with van der Waals surface area (Å²) in [6.45, 7) is 0. The molecule has 1 aromatic heterocycles. The largest absolute Gasteiger partial charge is 0.496 e. The van der Waals surface area contributed by atoms with Crippen molar-refractivity contribution in [1.29, 1.82) is 0 Å². The second kappa shape index (κ2) is 5.31. The van der Waals surface area contributed by atoms with Gasteiger partial charge in [0.05, 0.1) is 18.7 Å². The van der Waals surface area contributed by atoms with Crippen LogP contribution in [0.3, 0.4) is 0 Å². The van der Waals surface area contributed by atoms with E-state index in [0.717, 1.165) is 10.2 Å². The first kappa shape index (κ1) is 13.4. The van der Waals surface area contributed by atoms with Gasteiger partial charge in [0.25, 0.3) is 0 Å². The Morgan fingerprint density at radius 1 is 1.42 bits per heavy atom. The average molecular weight is 326 g/mol. The number of hydrogen-bond acceptors (Lipinski definition) is 5. The molecule has 2 rings (SSSR count). The molecule has 0 aliphatic rings. The normalized spacial score (nSPS) is 10.3. The molecule has 0 aliphatic heterocycles. The lowest BCUT2D eigenvalue weighted by Gasteiger charge is -2.08. The van der Waals surface area contributed by atoms with Gasteiger partial charge in [0.15, 0.2) is 5.69 Å². The third-order valence-electron chi connectivity index (χ3n) is 2.60. The van der Waals surface area contributed by atoms with Gasteiger partial charge >= 0.3 is 5.97 Å². The van der Waals surface area contributed by atoms with Crippen molar-refractivity contribution in [3.8, 4) is 11.4 Å². The zero-order valence-electron chi connectivity index (χ0n) is 10.4. The van der Waals surface area contributed by atoms with Crippen LogP contribution in [0.15, 0.2) is 29.0 Å². The van der Waals surface area contributed by atoms with E-state index in [-0.39, 0.29) is 11.5 Å². The van der Waals surface area contributed by atoms with Crippen molar-refractivity contribution in [1.82, 2.24) is 9.55 Å². The number of imidazole rings is 1. The van der Waals surface area contributed by atoms with Gasteiger partial charge in [-0.1, -0.05) is 0 Å². The molecular formula is C12H12BrN3O3. The van der Waals surface area contributed by atoms with Gasteiger partial charge in [0.1, 0.15) is 17.9 Å². The van der Waals surface area contributed by atoms with Crippen molar-refractivity contribution in [2.24, 2.45) is 0 Å². The van der Waals surface area contributed by atoms with Crippen molar-refractivity contribution in [2.75, 3.05) is 20.0 Å². The number of benzene rings is 1. The molecule has 1 aromatic carbocycles. The SMILES string of the molecule is COC(=O)c1ncn(-c2ccc(OC)c(Br)c2)c1N. The topological polar surface area (TPSA) is 79.4 Å². The maximum atomic E-state index is 11.4. The number of rotatable bonds is 3. The Kier molecular flexibility index (Phi) is 3.75. The highest BCUT2D eigenvalue weighted by atomic mass is 79.9. The third kappa shape index (κ3) is 2.41. The number of esters is 1. The zero-order valence-corrected chi connectivity index (χ0v) is 12.0. The molecule has 100 valence electrons. The van der Waals surface area contributed by atoms with E-state index in [9.17, 15) is 4.79 Å². The lowest BCUT2D eigenvalue weighted by molar-refractivity contribution is 0.0596. The molecule has 0 unspecified atom stereocenters. The predicted molar refractivity (Wildman–Crippen MR) is 73.6 cm³/mol. The number of halogens is 1. The molecule has 7 heteroatoms. The number of nitrogens with two attached hydrogens (primary N) is 1. The highest BCUT2D eigenvalue weighted by Crippen LogP contribution is 2.28. The minimum Gasteiger partial charge on any atom is -0.496 e. The van der Waals surface area contributed by atoms with Gasteiger partial charge in [-0.25, -0.2) is 9.78 Å². The van der Waals surface area contributed by atoms with Crippen LogP contribution in [0.1, 0.15) is 10.5 Å². The molecule has 0 radical (unpaired) electrons. The molecule has 0 atom stereocenters. The Morgan fingerprint density at radius 3 is 2.74 bits per heavy atom. The molecule has 0 spiro atoms. The van der Waals surface area contributed by atoms with E-state index in [4.69, 9.17) is 10.5 Å². The number of carbonyl (C=O) groups excluding carboxylic acids is 1.